The van der Waals surface area contributed by atoms with Gasteiger partial charge < -0.3 is 14.7 Å². The highest BCUT2D eigenvalue weighted by atomic mass is 35.5. The van der Waals surface area contributed by atoms with Gasteiger partial charge in [0, 0.05) is 29.1 Å². The lowest BCUT2D eigenvalue weighted by molar-refractivity contribution is 0.0112. The van der Waals surface area contributed by atoms with Crippen LogP contribution in [0.4, 0.5) is 5.69 Å². The van der Waals surface area contributed by atoms with E-state index in [-0.39, 0.29) is 22.6 Å². The fraction of sp³-hybridized carbons (Fsp3) is 0.500. The molecule has 9 heteroatoms. The Morgan fingerprint density at radius 1 is 1.10 bits per heavy atom. The van der Waals surface area contributed by atoms with E-state index in [1.54, 1.807) is 30.4 Å². The van der Waals surface area contributed by atoms with Crippen LogP contribution in [-0.2, 0) is 21.9 Å². The molecule has 0 radical (unpaired) electrons. The molecular weight excluding hydrogens is 536 g/mol. The van der Waals surface area contributed by atoms with E-state index in [0.717, 1.165) is 49.4 Å². The summed E-state index contributed by atoms with van der Waals surface area (Å²) in [6.07, 6.45) is 9.09. The number of nitrogens with zero attached hydrogens (tertiary/aromatic N) is 1. The Labute approximate surface area is 235 Å². The average molecular weight is 571 g/mol. The van der Waals surface area contributed by atoms with Gasteiger partial charge in [-0.05, 0) is 98.2 Å². The van der Waals surface area contributed by atoms with E-state index in [1.165, 1.54) is 11.1 Å². The van der Waals surface area contributed by atoms with Gasteiger partial charge in [0.15, 0.2) is 0 Å². The normalized spacial score (nSPS) is 31.1. The van der Waals surface area contributed by atoms with Gasteiger partial charge in [0.2, 0.25) is 10.0 Å². The molecule has 1 saturated carbocycles. The van der Waals surface area contributed by atoms with Crippen molar-refractivity contribution >= 4 is 33.2 Å². The molecule has 2 N–H and O–H groups in total. The fourth-order valence-corrected chi connectivity index (χ4v) is 7.97. The first-order chi connectivity index (χ1) is 18.7. The van der Waals surface area contributed by atoms with Crippen LogP contribution in [0.15, 0.2) is 48.6 Å². The zero-order valence-electron chi connectivity index (χ0n) is 21.9. The molecule has 1 fully saturated rings. The van der Waals surface area contributed by atoms with E-state index in [0.29, 0.717) is 37.7 Å². The minimum Gasteiger partial charge on any atom is -0.490 e. The minimum absolute atomic E-state index is 0.197. The van der Waals surface area contributed by atoms with Crippen molar-refractivity contribution in [1.29, 1.82) is 0 Å². The third-order valence-electron chi connectivity index (χ3n) is 9.08. The lowest BCUT2D eigenvalue weighted by Crippen LogP contribution is -2.49. The number of rotatable bonds is 0. The van der Waals surface area contributed by atoms with Gasteiger partial charge in [0.05, 0.1) is 24.2 Å². The number of hydrogen-bond donors (Lipinski definition) is 2. The number of aliphatic hydroxyl groups is 1. The number of aryl methyl sites for hydroxylation is 1. The first kappa shape index (κ1) is 26.7. The summed E-state index contributed by atoms with van der Waals surface area (Å²) in [6.45, 7) is 1.95. The number of aliphatic hydroxyl groups excluding tert-OH is 1. The maximum atomic E-state index is 13.0. The second-order valence-corrected chi connectivity index (χ2v) is 13.8. The molecule has 1 spiro atoms. The lowest BCUT2D eigenvalue weighted by Gasteiger charge is -2.45. The standard InChI is InChI=1S/C30H35ClN2O5S/c31-23-9-11-25-20(15-23)5-4-13-30(25)18-33-17-22-7-10-24(22)27(34)6-2-1-3-14-39(36,37)32-29(35)21-8-12-28(38-19-30)26(33)16-21/h1,3,8-9,11-12,15-16,22,24,27,34H,2,4-7,10,13-14,17-19H2,(H,32,35)/b3-1-/t22-,24+,27-,30-/m0/s1. The summed E-state index contributed by atoms with van der Waals surface area (Å²) in [5.41, 5.74) is 3.35. The largest absolute Gasteiger partial charge is 0.490 e. The van der Waals surface area contributed by atoms with Crippen molar-refractivity contribution in [3.8, 4) is 5.75 Å². The number of fused-ring (bicyclic) bond motifs is 4. The highest BCUT2D eigenvalue weighted by Crippen LogP contribution is 2.46. The molecule has 4 aliphatic rings. The summed E-state index contributed by atoms with van der Waals surface area (Å²) in [5.74, 6) is 0.278. The molecule has 2 aliphatic heterocycles. The van der Waals surface area contributed by atoms with E-state index in [4.69, 9.17) is 16.3 Å². The summed E-state index contributed by atoms with van der Waals surface area (Å²) < 4.78 is 33.8. The molecule has 1 amide bonds. The number of benzene rings is 2. The zero-order valence-corrected chi connectivity index (χ0v) is 23.5. The Morgan fingerprint density at radius 2 is 1.97 bits per heavy atom. The molecule has 2 aromatic rings. The van der Waals surface area contributed by atoms with Gasteiger partial charge in [-0.2, -0.15) is 0 Å². The first-order valence-electron chi connectivity index (χ1n) is 13.9. The number of nitrogens with one attached hydrogen (secondary N) is 1. The summed E-state index contributed by atoms with van der Waals surface area (Å²) in [5, 5.41) is 11.7. The van der Waals surface area contributed by atoms with Crippen LogP contribution in [0.5, 0.6) is 5.75 Å². The molecule has 2 aromatic carbocycles. The zero-order chi connectivity index (χ0) is 27.2. The van der Waals surface area contributed by atoms with Gasteiger partial charge in [-0.15, -0.1) is 0 Å². The predicted octanol–water partition coefficient (Wildman–Crippen LogP) is 4.61. The smallest absolute Gasteiger partial charge is 0.264 e. The monoisotopic (exact) mass is 570 g/mol. The van der Waals surface area contributed by atoms with Crippen molar-refractivity contribution < 1.29 is 23.1 Å². The molecule has 208 valence electrons. The SMILES string of the molecule is O=C1NS(=O)(=O)C/C=C\CC[C@H](O)[C@@H]2CC[C@H]2CN2C[C@@]3(CCCc4cc(Cl)ccc43)COc3ccc1cc32. The minimum atomic E-state index is -3.84. The number of carbonyl (C=O) groups excluding carboxylic acids is 1. The highest BCUT2D eigenvalue weighted by molar-refractivity contribution is 7.90. The van der Waals surface area contributed by atoms with E-state index in [9.17, 15) is 18.3 Å². The van der Waals surface area contributed by atoms with Crippen molar-refractivity contribution in [2.75, 3.05) is 30.3 Å². The van der Waals surface area contributed by atoms with Gasteiger partial charge in [0.25, 0.3) is 5.91 Å². The number of halogens is 1. The molecule has 0 aromatic heterocycles. The Bertz CT molecular complexity index is 1410. The molecule has 4 atom stereocenters. The van der Waals surface area contributed by atoms with Crippen molar-refractivity contribution in [3.05, 3.63) is 70.3 Å². The summed E-state index contributed by atoms with van der Waals surface area (Å²) in [7, 11) is -3.84. The number of carbonyl (C=O) groups is 1. The van der Waals surface area contributed by atoms with Crippen LogP contribution in [0.3, 0.4) is 0 Å². The number of sulfonamides is 1. The van der Waals surface area contributed by atoms with Crippen LogP contribution in [0.25, 0.3) is 0 Å². The van der Waals surface area contributed by atoms with E-state index in [1.807, 2.05) is 6.07 Å². The van der Waals surface area contributed by atoms with Crippen LogP contribution >= 0.6 is 11.6 Å². The number of anilines is 1. The maximum Gasteiger partial charge on any atom is 0.264 e. The average Bonchev–Trinajstić information content (AvgIpc) is 3.02. The number of hydrogen-bond acceptors (Lipinski definition) is 6. The van der Waals surface area contributed by atoms with Crippen molar-refractivity contribution in [3.63, 3.8) is 0 Å². The quantitative estimate of drug-likeness (QED) is 0.449. The molecule has 0 unspecified atom stereocenters. The van der Waals surface area contributed by atoms with Crippen LogP contribution in [0.1, 0.15) is 60.0 Å². The molecule has 39 heavy (non-hydrogen) atoms. The first-order valence-corrected chi connectivity index (χ1v) is 15.9. The van der Waals surface area contributed by atoms with Gasteiger partial charge in [-0.25, -0.2) is 13.1 Å². The van der Waals surface area contributed by atoms with Gasteiger partial charge in [-0.1, -0.05) is 29.8 Å². The molecule has 2 heterocycles. The molecule has 7 nitrogen and oxygen atoms in total. The molecule has 2 aliphatic carbocycles. The molecule has 6 rings (SSSR count). The highest BCUT2D eigenvalue weighted by Gasteiger charge is 2.44. The van der Waals surface area contributed by atoms with Crippen molar-refractivity contribution in [2.24, 2.45) is 11.8 Å². The van der Waals surface area contributed by atoms with Crippen LogP contribution in [0.2, 0.25) is 5.02 Å². The van der Waals surface area contributed by atoms with Gasteiger partial charge in [-0.3, -0.25) is 4.79 Å². The van der Waals surface area contributed by atoms with E-state index >= 15 is 0 Å². The maximum absolute atomic E-state index is 13.0. The summed E-state index contributed by atoms with van der Waals surface area (Å²) in [4.78, 5) is 15.4. The number of allylic oxidation sites excluding steroid dienone is 1. The van der Waals surface area contributed by atoms with E-state index in [2.05, 4.69) is 21.8 Å². The third-order valence-corrected chi connectivity index (χ3v) is 10.4. The molecule has 0 saturated heterocycles. The molecule has 2 bridgehead atoms. The van der Waals surface area contributed by atoms with Gasteiger partial charge >= 0.3 is 0 Å². The lowest BCUT2D eigenvalue weighted by atomic mass is 9.68. The Balaban J connectivity index is 1.41. The fourth-order valence-electron chi connectivity index (χ4n) is 6.90. The topological polar surface area (TPSA) is 95.9 Å². The van der Waals surface area contributed by atoms with E-state index < -0.39 is 22.0 Å². The Morgan fingerprint density at radius 3 is 2.79 bits per heavy atom. The van der Waals surface area contributed by atoms with Crippen molar-refractivity contribution in [2.45, 2.75) is 56.5 Å². The second-order valence-electron chi connectivity index (χ2n) is 11.6. The molecular formula is C30H35ClN2O5S. The van der Waals surface area contributed by atoms with Crippen LogP contribution in [-0.4, -0.2) is 51.0 Å². The number of amides is 1. The summed E-state index contributed by atoms with van der Waals surface area (Å²) in [6, 6.07) is 11.3. The Kier molecular flexibility index (Phi) is 7.14. The predicted molar refractivity (Wildman–Crippen MR) is 152 cm³/mol. The van der Waals surface area contributed by atoms with Crippen molar-refractivity contribution in [1.82, 2.24) is 4.72 Å². The Hall–Kier alpha value is -2.55. The van der Waals surface area contributed by atoms with Crippen LogP contribution < -0.4 is 14.4 Å². The number of ether oxygens (including phenoxy) is 1. The third kappa shape index (κ3) is 5.31. The summed E-state index contributed by atoms with van der Waals surface area (Å²) >= 11 is 6.36. The van der Waals surface area contributed by atoms with Crippen LogP contribution in [0, 0.1) is 11.8 Å². The second kappa shape index (κ2) is 10.5. The van der Waals surface area contributed by atoms with Gasteiger partial charge in [0.1, 0.15) is 5.75 Å².